The first-order chi connectivity index (χ1) is 13.3. The topological polar surface area (TPSA) is 102 Å². The number of alkyl carbamates (subject to hydrolysis) is 1. The number of hydrogen-bond acceptors (Lipinski definition) is 6. The van der Waals surface area contributed by atoms with Gasteiger partial charge < -0.3 is 10.1 Å². The summed E-state index contributed by atoms with van der Waals surface area (Å²) < 4.78 is 32.7. The SMILES string of the molecule is CC(C)(C)OC(=O)NC[C@H]1CC[C@H](C(=O)NS(=O)(=O)c2c(Cl)sc(Cl)c2Br)CC1. The van der Waals surface area contributed by atoms with E-state index >= 15 is 0 Å². The summed E-state index contributed by atoms with van der Waals surface area (Å²) in [7, 11) is -4.13. The number of amides is 2. The van der Waals surface area contributed by atoms with Gasteiger partial charge in [0.25, 0.3) is 10.0 Å². The molecule has 1 aromatic heterocycles. The lowest BCUT2D eigenvalue weighted by atomic mass is 9.82. The Labute approximate surface area is 193 Å². The molecule has 29 heavy (non-hydrogen) atoms. The van der Waals surface area contributed by atoms with Crippen molar-refractivity contribution in [2.24, 2.45) is 11.8 Å². The maximum Gasteiger partial charge on any atom is 0.407 e. The van der Waals surface area contributed by atoms with E-state index in [2.05, 4.69) is 26.0 Å². The molecule has 164 valence electrons. The van der Waals surface area contributed by atoms with Crippen LogP contribution in [-0.4, -0.2) is 32.6 Å². The van der Waals surface area contributed by atoms with E-state index in [9.17, 15) is 18.0 Å². The molecule has 0 bridgehead atoms. The molecule has 1 fully saturated rings. The fourth-order valence-electron chi connectivity index (χ4n) is 3.01. The van der Waals surface area contributed by atoms with Gasteiger partial charge in [0, 0.05) is 12.5 Å². The Balaban J connectivity index is 1.86. The lowest BCUT2D eigenvalue weighted by Gasteiger charge is -2.28. The molecule has 1 aliphatic rings. The molecule has 0 unspecified atom stereocenters. The zero-order chi connectivity index (χ0) is 22.0. The van der Waals surface area contributed by atoms with Gasteiger partial charge in [-0.2, -0.15) is 0 Å². The molecule has 0 atom stereocenters. The minimum absolute atomic E-state index is 0.0147. The number of nitrogens with one attached hydrogen (secondary N) is 2. The van der Waals surface area contributed by atoms with Gasteiger partial charge in [-0.25, -0.2) is 17.9 Å². The van der Waals surface area contributed by atoms with E-state index in [1.807, 2.05) is 0 Å². The summed E-state index contributed by atoms with van der Waals surface area (Å²) >= 11 is 15.9. The van der Waals surface area contributed by atoms with Crippen molar-refractivity contribution in [3.63, 3.8) is 0 Å². The summed E-state index contributed by atoms with van der Waals surface area (Å²) in [4.78, 5) is 24.0. The zero-order valence-corrected chi connectivity index (χ0v) is 20.9. The molecule has 0 radical (unpaired) electrons. The van der Waals surface area contributed by atoms with E-state index in [1.165, 1.54) is 0 Å². The van der Waals surface area contributed by atoms with E-state index < -0.39 is 33.5 Å². The molecule has 0 aliphatic heterocycles. The molecule has 7 nitrogen and oxygen atoms in total. The van der Waals surface area contributed by atoms with Crippen LogP contribution in [0.15, 0.2) is 9.37 Å². The van der Waals surface area contributed by atoms with Crippen LogP contribution in [0.1, 0.15) is 46.5 Å². The zero-order valence-electron chi connectivity index (χ0n) is 16.2. The minimum Gasteiger partial charge on any atom is -0.444 e. The quantitative estimate of drug-likeness (QED) is 0.540. The standard InChI is InChI=1S/C17H23BrCl2N2O5S2/c1-17(2,3)27-16(24)21-8-9-4-6-10(7-5-9)15(23)22-29(25,26)12-11(18)13(19)28-14(12)20/h9-10H,4-8H2,1-3H3,(H,21,24)(H,22,23)/t9-,10-. The number of sulfonamides is 1. The van der Waals surface area contributed by atoms with Crippen LogP contribution >= 0.6 is 50.5 Å². The summed E-state index contributed by atoms with van der Waals surface area (Å²) in [6, 6.07) is 0. The van der Waals surface area contributed by atoms with Gasteiger partial charge in [-0.1, -0.05) is 23.2 Å². The fourth-order valence-corrected chi connectivity index (χ4v) is 7.61. The van der Waals surface area contributed by atoms with Crippen molar-refractivity contribution < 1.29 is 22.7 Å². The molecule has 1 aliphatic carbocycles. The predicted octanol–water partition coefficient (Wildman–Crippen LogP) is 4.95. The normalized spacial score (nSPS) is 20.2. The molecule has 2 amide bonds. The second kappa shape index (κ2) is 9.72. The monoisotopic (exact) mass is 548 g/mol. The summed E-state index contributed by atoms with van der Waals surface area (Å²) in [5, 5.41) is 2.74. The third-order valence-corrected chi connectivity index (χ3v) is 9.20. The first-order valence-corrected chi connectivity index (χ1v) is 12.8. The Morgan fingerprint density at radius 3 is 2.24 bits per heavy atom. The summed E-state index contributed by atoms with van der Waals surface area (Å²) in [5.74, 6) is -0.773. The van der Waals surface area contributed by atoms with Gasteiger partial charge in [0.05, 0.1) is 4.47 Å². The molecule has 1 heterocycles. The Bertz CT molecular complexity index is 875. The average Bonchev–Trinajstić information content (AvgIpc) is 2.84. The van der Waals surface area contributed by atoms with E-state index in [1.54, 1.807) is 20.8 Å². The van der Waals surface area contributed by atoms with Crippen molar-refractivity contribution >= 4 is 72.5 Å². The van der Waals surface area contributed by atoms with Crippen LogP contribution in [0.2, 0.25) is 8.67 Å². The van der Waals surface area contributed by atoms with Crippen LogP contribution in [-0.2, 0) is 19.6 Å². The number of ether oxygens (including phenoxy) is 1. The van der Waals surface area contributed by atoms with E-state index in [0.717, 1.165) is 11.3 Å². The molecule has 0 spiro atoms. The van der Waals surface area contributed by atoms with Gasteiger partial charge in [0.1, 0.15) is 19.2 Å². The number of thiophene rings is 1. The second-order valence-corrected chi connectivity index (χ2v) is 12.5. The predicted molar refractivity (Wildman–Crippen MR) is 117 cm³/mol. The second-order valence-electron chi connectivity index (χ2n) is 7.86. The molecule has 1 aromatic rings. The van der Waals surface area contributed by atoms with Crippen molar-refractivity contribution in [1.82, 2.24) is 10.0 Å². The summed E-state index contributed by atoms with van der Waals surface area (Å²) in [6.45, 7) is 5.83. The molecular formula is C17H23BrCl2N2O5S2. The van der Waals surface area contributed by atoms with Gasteiger partial charge >= 0.3 is 6.09 Å². The minimum atomic E-state index is -4.13. The number of hydrogen-bond donors (Lipinski definition) is 2. The van der Waals surface area contributed by atoms with Crippen molar-refractivity contribution in [3.05, 3.63) is 13.1 Å². The van der Waals surface area contributed by atoms with Crippen LogP contribution in [0.25, 0.3) is 0 Å². The Hall–Kier alpha value is -0.550. The molecule has 2 N–H and O–H groups in total. The number of rotatable bonds is 5. The van der Waals surface area contributed by atoms with E-state index in [0.29, 0.717) is 32.2 Å². The van der Waals surface area contributed by atoms with Crippen LogP contribution < -0.4 is 10.0 Å². The largest absolute Gasteiger partial charge is 0.444 e. The maximum absolute atomic E-state index is 12.5. The molecular weight excluding hydrogens is 527 g/mol. The average molecular weight is 550 g/mol. The van der Waals surface area contributed by atoms with Crippen molar-refractivity contribution in [2.75, 3.05) is 6.54 Å². The summed E-state index contributed by atoms with van der Waals surface area (Å²) in [5.41, 5.74) is -0.560. The van der Waals surface area contributed by atoms with E-state index in [4.69, 9.17) is 27.9 Å². The van der Waals surface area contributed by atoms with Gasteiger partial charge in [0.2, 0.25) is 5.91 Å². The Morgan fingerprint density at radius 2 is 1.76 bits per heavy atom. The first-order valence-electron chi connectivity index (χ1n) is 8.97. The lowest BCUT2D eigenvalue weighted by Crippen LogP contribution is -2.39. The highest BCUT2D eigenvalue weighted by atomic mass is 79.9. The van der Waals surface area contributed by atoms with Crippen molar-refractivity contribution in [1.29, 1.82) is 0 Å². The van der Waals surface area contributed by atoms with Gasteiger partial charge in [-0.15, -0.1) is 11.3 Å². The maximum atomic E-state index is 12.5. The lowest BCUT2D eigenvalue weighted by molar-refractivity contribution is -0.124. The smallest absolute Gasteiger partial charge is 0.407 e. The van der Waals surface area contributed by atoms with Crippen LogP contribution in [0.4, 0.5) is 4.79 Å². The van der Waals surface area contributed by atoms with Gasteiger partial charge in [0.15, 0.2) is 0 Å². The third kappa shape index (κ3) is 6.99. The van der Waals surface area contributed by atoms with Gasteiger partial charge in [-0.3, -0.25) is 4.79 Å². The van der Waals surface area contributed by atoms with Crippen LogP contribution in [0.5, 0.6) is 0 Å². The number of halogens is 3. The Kier molecular flexibility index (Phi) is 8.28. The Morgan fingerprint density at radius 1 is 1.17 bits per heavy atom. The molecule has 0 saturated heterocycles. The molecule has 2 rings (SSSR count). The highest BCUT2D eigenvalue weighted by molar-refractivity contribution is 9.10. The van der Waals surface area contributed by atoms with Crippen LogP contribution in [0, 0.1) is 11.8 Å². The van der Waals surface area contributed by atoms with Crippen molar-refractivity contribution in [2.45, 2.75) is 57.0 Å². The van der Waals surface area contributed by atoms with Crippen LogP contribution in [0.3, 0.4) is 0 Å². The van der Waals surface area contributed by atoms with E-state index in [-0.39, 0.29) is 24.0 Å². The number of carbonyl (C=O) groups is 2. The molecule has 1 saturated carbocycles. The highest BCUT2D eigenvalue weighted by Crippen LogP contribution is 2.43. The molecule has 12 heteroatoms. The fraction of sp³-hybridized carbons (Fsp3) is 0.647. The summed E-state index contributed by atoms with van der Waals surface area (Å²) in [6.07, 6.45) is 1.98. The molecule has 0 aromatic carbocycles. The van der Waals surface area contributed by atoms with Gasteiger partial charge in [-0.05, 0) is 68.3 Å². The highest BCUT2D eigenvalue weighted by Gasteiger charge is 2.32. The van der Waals surface area contributed by atoms with Crippen molar-refractivity contribution in [3.8, 4) is 0 Å². The first kappa shape index (κ1) is 24.7. The third-order valence-electron chi connectivity index (χ3n) is 4.38. The number of carbonyl (C=O) groups excluding carboxylic acids is 2.